The fraction of sp³-hybridized carbons (Fsp3) is 0.800. The first-order chi connectivity index (χ1) is 7.97. The maximum atomic E-state index is 12.0. The van der Waals surface area contributed by atoms with Crippen LogP contribution in [0.5, 0.6) is 0 Å². The molecule has 5 nitrogen and oxygen atoms in total. The van der Waals surface area contributed by atoms with Crippen molar-refractivity contribution in [1.82, 2.24) is 5.32 Å². The van der Waals surface area contributed by atoms with Gasteiger partial charge in [-0.15, -0.1) is 0 Å². The number of amides is 1. The van der Waals surface area contributed by atoms with E-state index in [2.05, 4.69) is 0 Å². The molecule has 0 aromatic rings. The molecule has 0 saturated heterocycles. The summed E-state index contributed by atoms with van der Waals surface area (Å²) in [4.78, 5) is 21.7. The van der Waals surface area contributed by atoms with Gasteiger partial charge in [0.25, 0.3) is 0 Å². The number of alkyl halides is 2. The molecule has 0 aliphatic heterocycles. The van der Waals surface area contributed by atoms with Crippen LogP contribution in [0, 0.1) is 0 Å². The van der Waals surface area contributed by atoms with Crippen LogP contribution in [0.25, 0.3) is 0 Å². The fourth-order valence-corrected chi connectivity index (χ4v) is 1.05. The van der Waals surface area contributed by atoms with Crippen molar-refractivity contribution < 1.29 is 28.2 Å². The fourth-order valence-electron chi connectivity index (χ4n) is 1.05. The molecule has 7 heteroatoms. The quantitative estimate of drug-likeness (QED) is 0.602. The van der Waals surface area contributed by atoms with Crippen molar-refractivity contribution in [2.24, 2.45) is 0 Å². The molecule has 1 atom stereocenters. The summed E-state index contributed by atoms with van der Waals surface area (Å²) in [5.41, 5.74) is 0. The zero-order valence-corrected chi connectivity index (χ0v) is 9.62. The number of rotatable bonds is 9. The molecule has 0 fully saturated rings. The predicted molar refractivity (Wildman–Crippen MR) is 55.9 cm³/mol. The number of carbonyl (C=O) groups excluding carboxylic acids is 1. The Balaban J connectivity index is 3.91. The summed E-state index contributed by atoms with van der Waals surface area (Å²) in [5.74, 6) is -2.18. The number of unbranched alkanes of at least 4 members (excludes halogenated alkanes) is 1. The molecular formula is C10H17F2NO4. The Morgan fingerprint density at radius 2 is 2.06 bits per heavy atom. The lowest BCUT2D eigenvalue weighted by atomic mass is 10.2. The van der Waals surface area contributed by atoms with Crippen LogP contribution >= 0.6 is 0 Å². The van der Waals surface area contributed by atoms with E-state index in [-0.39, 0.29) is 6.61 Å². The van der Waals surface area contributed by atoms with E-state index in [1.807, 2.05) is 12.2 Å². The van der Waals surface area contributed by atoms with Crippen molar-refractivity contribution in [3.63, 3.8) is 0 Å². The van der Waals surface area contributed by atoms with Crippen molar-refractivity contribution in [2.75, 3.05) is 13.2 Å². The Kier molecular flexibility index (Phi) is 8.21. The predicted octanol–water partition coefficient (Wildman–Crippen LogP) is 1.03. The van der Waals surface area contributed by atoms with E-state index in [1.165, 1.54) is 0 Å². The third-order valence-electron chi connectivity index (χ3n) is 1.92. The molecule has 100 valence electrons. The van der Waals surface area contributed by atoms with Gasteiger partial charge in [-0.25, -0.2) is 13.6 Å². The number of ether oxygens (including phenoxy) is 1. The number of nitrogens with one attached hydrogen (secondary N) is 1. The molecule has 0 radical (unpaired) electrons. The largest absolute Gasteiger partial charge is 0.480 e. The van der Waals surface area contributed by atoms with E-state index in [0.29, 0.717) is 6.61 Å². The summed E-state index contributed by atoms with van der Waals surface area (Å²) >= 11 is 0. The molecule has 1 amide bonds. The van der Waals surface area contributed by atoms with Gasteiger partial charge in [-0.1, -0.05) is 13.3 Å². The number of halogens is 2. The van der Waals surface area contributed by atoms with E-state index in [4.69, 9.17) is 9.84 Å². The molecule has 0 spiro atoms. The summed E-state index contributed by atoms with van der Waals surface area (Å²) in [6, 6.07) is -1.57. The molecular weight excluding hydrogens is 236 g/mol. The van der Waals surface area contributed by atoms with E-state index < -0.39 is 30.8 Å². The highest BCUT2D eigenvalue weighted by atomic mass is 19.3. The van der Waals surface area contributed by atoms with E-state index in [0.717, 1.165) is 12.8 Å². The Bertz CT molecular complexity index is 248. The molecule has 1 unspecified atom stereocenters. The Hall–Kier alpha value is -1.24. The highest BCUT2D eigenvalue weighted by Crippen LogP contribution is 2.04. The van der Waals surface area contributed by atoms with Gasteiger partial charge < -0.3 is 15.2 Å². The van der Waals surface area contributed by atoms with Gasteiger partial charge in [0, 0.05) is 13.0 Å². The summed E-state index contributed by atoms with van der Waals surface area (Å²) in [5, 5.41) is 10.6. The highest BCUT2D eigenvalue weighted by molar-refractivity contribution is 5.84. The van der Waals surface area contributed by atoms with Crippen molar-refractivity contribution in [2.45, 2.75) is 38.7 Å². The van der Waals surface area contributed by atoms with Crippen LogP contribution < -0.4 is 5.32 Å². The average molecular weight is 253 g/mol. The van der Waals surface area contributed by atoms with Crippen LogP contribution in [0.2, 0.25) is 0 Å². The van der Waals surface area contributed by atoms with Gasteiger partial charge in [0.2, 0.25) is 12.3 Å². The molecule has 0 aliphatic rings. The van der Waals surface area contributed by atoms with E-state index in [1.54, 1.807) is 0 Å². The first kappa shape index (κ1) is 15.8. The van der Waals surface area contributed by atoms with Gasteiger partial charge in [0.1, 0.15) is 12.6 Å². The van der Waals surface area contributed by atoms with Crippen LogP contribution in [0.1, 0.15) is 26.2 Å². The topological polar surface area (TPSA) is 75.6 Å². The molecule has 0 bridgehead atoms. The zero-order chi connectivity index (χ0) is 13.3. The van der Waals surface area contributed by atoms with Crippen LogP contribution in [-0.4, -0.2) is 42.7 Å². The maximum absolute atomic E-state index is 12.0. The number of carbonyl (C=O) groups is 2. The summed E-state index contributed by atoms with van der Waals surface area (Å²) < 4.78 is 28.9. The standard InChI is InChI=1S/C10H17F2NO4/c1-2-3-4-17-6-9(14)13-7(10(15)16)5-8(11)12/h7-8H,2-6H2,1H3,(H,13,14)(H,15,16). The number of carboxylic acid groups (broad SMARTS) is 1. The Labute approximate surface area is 98.1 Å². The first-order valence-electron chi connectivity index (χ1n) is 5.35. The molecule has 0 heterocycles. The Morgan fingerprint density at radius 1 is 1.41 bits per heavy atom. The minimum absolute atomic E-state index is 0.312. The molecule has 0 aliphatic carbocycles. The van der Waals surface area contributed by atoms with Crippen molar-refractivity contribution in [3.05, 3.63) is 0 Å². The van der Waals surface area contributed by atoms with Gasteiger partial charge in [-0.3, -0.25) is 4.79 Å². The van der Waals surface area contributed by atoms with Gasteiger partial charge >= 0.3 is 5.97 Å². The van der Waals surface area contributed by atoms with Gasteiger partial charge in [0.15, 0.2) is 0 Å². The van der Waals surface area contributed by atoms with Crippen molar-refractivity contribution in [3.8, 4) is 0 Å². The molecule has 0 aromatic heterocycles. The van der Waals surface area contributed by atoms with E-state index >= 15 is 0 Å². The van der Waals surface area contributed by atoms with Crippen molar-refractivity contribution in [1.29, 1.82) is 0 Å². The third kappa shape index (κ3) is 8.56. The second kappa shape index (κ2) is 8.86. The van der Waals surface area contributed by atoms with Crippen LogP contribution in [-0.2, 0) is 14.3 Å². The van der Waals surface area contributed by atoms with Gasteiger partial charge in [-0.05, 0) is 6.42 Å². The van der Waals surface area contributed by atoms with E-state index in [9.17, 15) is 18.4 Å². The molecule has 17 heavy (non-hydrogen) atoms. The highest BCUT2D eigenvalue weighted by Gasteiger charge is 2.23. The molecule has 0 saturated carbocycles. The second-order valence-electron chi connectivity index (χ2n) is 3.49. The lowest BCUT2D eigenvalue weighted by Crippen LogP contribution is -2.43. The maximum Gasteiger partial charge on any atom is 0.326 e. The van der Waals surface area contributed by atoms with Gasteiger partial charge in [-0.2, -0.15) is 0 Å². The summed E-state index contributed by atoms with van der Waals surface area (Å²) in [6.07, 6.45) is -1.99. The lowest BCUT2D eigenvalue weighted by molar-refractivity contribution is -0.143. The van der Waals surface area contributed by atoms with Crippen LogP contribution in [0.15, 0.2) is 0 Å². The normalized spacial score (nSPS) is 12.5. The molecule has 0 aromatic carbocycles. The monoisotopic (exact) mass is 253 g/mol. The van der Waals surface area contributed by atoms with Gasteiger partial charge in [0.05, 0.1) is 0 Å². The number of carboxylic acids is 1. The third-order valence-corrected chi connectivity index (χ3v) is 1.92. The number of aliphatic carboxylic acids is 1. The SMILES string of the molecule is CCCCOCC(=O)NC(CC(F)F)C(=O)O. The number of hydrogen-bond donors (Lipinski definition) is 2. The van der Waals surface area contributed by atoms with Crippen LogP contribution in [0.3, 0.4) is 0 Å². The molecule has 0 rings (SSSR count). The smallest absolute Gasteiger partial charge is 0.326 e. The molecule has 2 N–H and O–H groups in total. The average Bonchev–Trinajstić information content (AvgIpc) is 2.22. The zero-order valence-electron chi connectivity index (χ0n) is 9.62. The number of hydrogen-bond acceptors (Lipinski definition) is 3. The van der Waals surface area contributed by atoms with Crippen molar-refractivity contribution >= 4 is 11.9 Å². The second-order valence-corrected chi connectivity index (χ2v) is 3.49. The Morgan fingerprint density at radius 3 is 2.53 bits per heavy atom. The summed E-state index contributed by atoms with van der Waals surface area (Å²) in [7, 11) is 0. The lowest BCUT2D eigenvalue weighted by Gasteiger charge is -2.13. The first-order valence-corrected chi connectivity index (χ1v) is 5.35. The minimum atomic E-state index is -2.78. The minimum Gasteiger partial charge on any atom is -0.480 e. The summed E-state index contributed by atoms with van der Waals surface area (Å²) in [6.45, 7) is 2.02. The van der Waals surface area contributed by atoms with Crippen LogP contribution in [0.4, 0.5) is 8.78 Å².